The third-order valence-electron chi connectivity index (χ3n) is 2.37. The van der Waals surface area contributed by atoms with Crippen LogP contribution in [0.3, 0.4) is 0 Å². The molecule has 0 amide bonds. The molecule has 0 atom stereocenters. The van der Waals surface area contributed by atoms with E-state index in [9.17, 15) is 0 Å². The lowest BCUT2D eigenvalue weighted by atomic mass is 9.95. The van der Waals surface area contributed by atoms with E-state index < -0.39 is 5.54 Å². The molecule has 15 heavy (non-hydrogen) atoms. The summed E-state index contributed by atoms with van der Waals surface area (Å²) in [4.78, 5) is 3.58. The van der Waals surface area contributed by atoms with Crippen LogP contribution in [0.1, 0.15) is 19.4 Å². The van der Waals surface area contributed by atoms with Gasteiger partial charge in [-0.05, 0) is 18.2 Å². The van der Waals surface area contributed by atoms with Crippen LogP contribution < -0.4 is 9.47 Å². The molecule has 0 aliphatic heterocycles. The van der Waals surface area contributed by atoms with Crippen molar-refractivity contribution in [3.63, 3.8) is 0 Å². The summed E-state index contributed by atoms with van der Waals surface area (Å²) >= 11 is 0. The molecule has 1 rings (SSSR count). The summed E-state index contributed by atoms with van der Waals surface area (Å²) in [6, 6.07) is 5.55. The predicted molar refractivity (Wildman–Crippen MR) is 59.2 cm³/mol. The van der Waals surface area contributed by atoms with Crippen LogP contribution in [-0.4, -0.2) is 14.2 Å². The summed E-state index contributed by atoms with van der Waals surface area (Å²) < 4.78 is 10.3. The first-order chi connectivity index (χ1) is 7.05. The highest BCUT2D eigenvalue weighted by Crippen LogP contribution is 2.33. The zero-order chi connectivity index (χ0) is 11.5. The van der Waals surface area contributed by atoms with Crippen molar-refractivity contribution in [1.82, 2.24) is 0 Å². The molecule has 0 heterocycles. The first kappa shape index (κ1) is 11.4. The van der Waals surface area contributed by atoms with Gasteiger partial charge < -0.3 is 14.3 Å². The molecular formula is C12H15NO2. The molecule has 1 aromatic rings. The normalized spacial score (nSPS) is 10.6. The average Bonchev–Trinajstić information content (AvgIpc) is 2.28. The van der Waals surface area contributed by atoms with Gasteiger partial charge in [-0.1, -0.05) is 0 Å². The van der Waals surface area contributed by atoms with Gasteiger partial charge in [0.1, 0.15) is 0 Å². The van der Waals surface area contributed by atoms with E-state index in [1.165, 1.54) is 0 Å². The van der Waals surface area contributed by atoms with E-state index in [1.807, 2.05) is 32.0 Å². The molecule has 0 unspecified atom stereocenters. The second-order valence-electron chi connectivity index (χ2n) is 3.74. The number of ether oxygens (including phenoxy) is 2. The Morgan fingerprint density at radius 3 is 2.20 bits per heavy atom. The molecule has 0 fully saturated rings. The van der Waals surface area contributed by atoms with Crippen LogP contribution in [0.5, 0.6) is 11.5 Å². The van der Waals surface area contributed by atoms with Crippen molar-refractivity contribution in [1.29, 1.82) is 0 Å². The quantitative estimate of drug-likeness (QED) is 0.708. The van der Waals surface area contributed by atoms with Crippen molar-refractivity contribution in [2.75, 3.05) is 14.2 Å². The summed E-state index contributed by atoms with van der Waals surface area (Å²) in [5.41, 5.74) is 0.398. The molecule has 0 bridgehead atoms. The highest BCUT2D eigenvalue weighted by Gasteiger charge is 2.26. The Morgan fingerprint density at radius 2 is 1.73 bits per heavy atom. The SMILES string of the molecule is [C-]#[N+]C(C)(C)c1ccc(OC)c(OC)c1. The Morgan fingerprint density at radius 1 is 1.13 bits per heavy atom. The number of rotatable bonds is 3. The summed E-state index contributed by atoms with van der Waals surface area (Å²) in [6.45, 7) is 10.9. The van der Waals surface area contributed by atoms with E-state index in [0.29, 0.717) is 11.5 Å². The average molecular weight is 205 g/mol. The molecule has 0 saturated carbocycles. The minimum atomic E-state index is -0.528. The van der Waals surface area contributed by atoms with Crippen LogP contribution in [0.4, 0.5) is 0 Å². The Bertz CT molecular complexity index is 391. The number of nitrogens with zero attached hydrogens (tertiary/aromatic N) is 1. The minimum Gasteiger partial charge on any atom is -0.493 e. The van der Waals surface area contributed by atoms with Crippen LogP contribution in [0, 0.1) is 6.57 Å². The van der Waals surface area contributed by atoms with Crippen molar-refractivity contribution in [2.45, 2.75) is 19.4 Å². The first-order valence-corrected chi connectivity index (χ1v) is 4.66. The van der Waals surface area contributed by atoms with E-state index in [-0.39, 0.29) is 0 Å². The van der Waals surface area contributed by atoms with Gasteiger partial charge in [0.15, 0.2) is 11.5 Å². The van der Waals surface area contributed by atoms with Crippen LogP contribution >= 0.6 is 0 Å². The van der Waals surface area contributed by atoms with Gasteiger partial charge in [0.2, 0.25) is 0 Å². The Balaban J connectivity index is 3.21. The summed E-state index contributed by atoms with van der Waals surface area (Å²) in [6.07, 6.45) is 0. The van der Waals surface area contributed by atoms with Gasteiger partial charge in [0, 0.05) is 19.4 Å². The fourth-order valence-electron chi connectivity index (χ4n) is 1.28. The molecular weight excluding hydrogens is 190 g/mol. The Labute approximate surface area is 90.5 Å². The molecule has 0 radical (unpaired) electrons. The smallest absolute Gasteiger partial charge is 0.252 e. The number of hydrogen-bond donors (Lipinski definition) is 0. The molecule has 0 N–H and O–H groups in total. The summed E-state index contributed by atoms with van der Waals surface area (Å²) in [7, 11) is 3.18. The van der Waals surface area contributed by atoms with E-state index in [4.69, 9.17) is 16.0 Å². The van der Waals surface area contributed by atoms with E-state index in [0.717, 1.165) is 5.56 Å². The topological polar surface area (TPSA) is 22.8 Å². The van der Waals surface area contributed by atoms with E-state index in [1.54, 1.807) is 14.2 Å². The third kappa shape index (κ3) is 2.21. The first-order valence-electron chi connectivity index (χ1n) is 4.66. The number of benzene rings is 1. The Hall–Kier alpha value is -1.69. The van der Waals surface area contributed by atoms with E-state index >= 15 is 0 Å². The molecule has 0 aromatic heterocycles. The van der Waals surface area contributed by atoms with Gasteiger partial charge in [-0.25, -0.2) is 6.57 Å². The molecule has 3 heteroatoms. The summed E-state index contributed by atoms with van der Waals surface area (Å²) in [5.74, 6) is 1.34. The Kier molecular flexibility index (Phi) is 3.21. The monoisotopic (exact) mass is 205 g/mol. The van der Waals surface area contributed by atoms with Gasteiger partial charge in [0.05, 0.1) is 14.2 Å². The maximum absolute atomic E-state index is 7.12. The highest BCUT2D eigenvalue weighted by atomic mass is 16.5. The zero-order valence-corrected chi connectivity index (χ0v) is 9.50. The molecule has 0 spiro atoms. The van der Waals surface area contributed by atoms with Crippen molar-refractivity contribution >= 4 is 0 Å². The maximum atomic E-state index is 7.12. The highest BCUT2D eigenvalue weighted by molar-refractivity contribution is 5.45. The second kappa shape index (κ2) is 4.22. The van der Waals surface area contributed by atoms with Gasteiger partial charge in [-0.3, -0.25) is 0 Å². The van der Waals surface area contributed by atoms with Gasteiger partial charge in [-0.15, -0.1) is 0 Å². The third-order valence-corrected chi connectivity index (χ3v) is 2.37. The van der Waals surface area contributed by atoms with Crippen LogP contribution in [0.15, 0.2) is 18.2 Å². The second-order valence-corrected chi connectivity index (χ2v) is 3.74. The molecule has 0 saturated heterocycles. The molecule has 1 aromatic carbocycles. The van der Waals surface area contributed by atoms with Gasteiger partial charge in [0.25, 0.3) is 5.54 Å². The maximum Gasteiger partial charge on any atom is 0.252 e. The molecule has 0 aliphatic rings. The zero-order valence-electron chi connectivity index (χ0n) is 9.50. The van der Waals surface area contributed by atoms with Gasteiger partial charge >= 0.3 is 0 Å². The minimum absolute atomic E-state index is 0.528. The van der Waals surface area contributed by atoms with Crippen molar-refractivity contribution < 1.29 is 9.47 Å². The molecule has 80 valence electrons. The standard InChI is InChI=1S/C12H15NO2/c1-12(2,13-3)9-6-7-10(14-4)11(8-9)15-5/h6-8H,1-2,4-5H3. The van der Waals surface area contributed by atoms with Crippen molar-refractivity contribution in [3.05, 3.63) is 35.2 Å². The lowest BCUT2D eigenvalue weighted by Crippen LogP contribution is -2.11. The van der Waals surface area contributed by atoms with E-state index in [2.05, 4.69) is 4.85 Å². The largest absolute Gasteiger partial charge is 0.493 e. The summed E-state index contributed by atoms with van der Waals surface area (Å²) in [5, 5.41) is 0. The molecule has 0 aliphatic carbocycles. The lowest BCUT2D eigenvalue weighted by molar-refractivity contribution is 0.354. The number of methoxy groups -OCH3 is 2. The molecule has 3 nitrogen and oxygen atoms in total. The van der Waals surface area contributed by atoms with Crippen molar-refractivity contribution in [2.24, 2.45) is 0 Å². The van der Waals surface area contributed by atoms with Crippen LogP contribution in [0.2, 0.25) is 0 Å². The van der Waals surface area contributed by atoms with Crippen LogP contribution in [-0.2, 0) is 5.54 Å². The van der Waals surface area contributed by atoms with Gasteiger partial charge in [-0.2, -0.15) is 0 Å². The predicted octanol–water partition coefficient (Wildman–Crippen LogP) is 2.86. The fourth-order valence-corrected chi connectivity index (χ4v) is 1.28. The fraction of sp³-hybridized carbons (Fsp3) is 0.417. The van der Waals surface area contributed by atoms with Crippen LogP contribution in [0.25, 0.3) is 4.85 Å². The lowest BCUT2D eigenvalue weighted by Gasteiger charge is -2.14. The van der Waals surface area contributed by atoms with Crippen molar-refractivity contribution in [3.8, 4) is 11.5 Å². The number of hydrogen-bond acceptors (Lipinski definition) is 2.